The van der Waals surface area contributed by atoms with Gasteiger partial charge in [-0.05, 0) is 78.8 Å². The lowest BCUT2D eigenvalue weighted by molar-refractivity contribution is -0.122. The minimum Gasteiger partial charge on any atom is -0.361 e. The molecule has 1 aliphatic rings. The monoisotopic (exact) mass is 412 g/mol. The molecular formula is C20H20N4O2S2. The zero-order valence-corrected chi connectivity index (χ0v) is 17.2. The van der Waals surface area contributed by atoms with Gasteiger partial charge in [-0.2, -0.15) is 0 Å². The molecule has 0 aliphatic carbocycles. The first kappa shape index (κ1) is 20.0. The number of thioether (sulfide) groups is 1. The highest BCUT2D eigenvalue weighted by atomic mass is 32.2. The number of aryl methyl sites for hydroxylation is 2. The molecule has 0 spiro atoms. The number of carbonyl (C=O) groups is 2. The van der Waals surface area contributed by atoms with Gasteiger partial charge in [0, 0.05) is 31.2 Å². The number of hydrogen-bond acceptors (Lipinski definition) is 5. The number of nitrogens with zero attached hydrogens (tertiary/aromatic N) is 2. The van der Waals surface area contributed by atoms with Gasteiger partial charge in [-0.1, -0.05) is 12.1 Å². The van der Waals surface area contributed by atoms with Gasteiger partial charge in [0.05, 0.1) is 4.91 Å². The summed E-state index contributed by atoms with van der Waals surface area (Å²) in [5.41, 5.74) is 4.06. The van der Waals surface area contributed by atoms with Crippen LogP contribution in [0.2, 0.25) is 0 Å². The Balaban J connectivity index is 1.52. The number of thiocarbonyl (C=S) groups is 1. The molecule has 3 rings (SSSR count). The van der Waals surface area contributed by atoms with Gasteiger partial charge < -0.3 is 10.6 Å². The minimum absolute atomic E-state index is 0.240. The highest BCUT2D eigenvalue weighted by molar-refractivity contribution is 8.18. The van der Waals surface area contributed by atoms with Crippen molar-refractivity contribution in [1.29, 1.82) is 0 Å². The van der Waals surface area contributed by atoms with E-state index in [0.29, 0.717) is 16.6 Å². The highest BCUT2D eigenvalue weighted by Gasteiger charge is 2.34. The van der Waals surface area contributed by atoms with Crippen LogP contribution in [0.4, 0.5) is 10.5 Å². The number of imide groups is 1. The van der Waals surface area contributed by atoms with Gasteiger partial charge in [0.1, 0.15) is 0 Å². The van der Waals surface area contributed by atoms with Crippen LogP contribution < -0.4 is 10.6 Å². The Morgan fingerprint density at radius 3 is 2.79 bits per heavy atom. The number of rotatable bonds is 5. The van der Waals surface area contributed by atoms with Crippen molar-refractivity contribution in [3.63, 3.8) is 0 Å². The Morgan fingerprint density at radius 2 is 2.07 bits per heavy atom. The van der Waals surface area contributed by atoms with Crippen LogP contribution >= 0.6 is 24.0 Å². The number of nitrogens with one attached hydrogen (secondary N) is 2. The molecule has 144 valence electrons. The van der Waals surface area contributed by atoms with Crippen molar-refractivity contribution >= 4 is 52.0 Å². The number of aromatic nitrogens is 1. The van der Waals surface area contributed by atoms with E-state index >= 15 is 0 Å². The third-order valence-corrected chi connectivity index (χ3v) is 5.40. The molecular weight excluding hydrogens is 392 g/mol. The van der Waals surface area contributed by atoms with Crippen LogP contribution in [-0.4, -0.2) is 39.2 Å². The van der Waals surface area contributed by atoms with Crippen LogP contribution in [0.25, 0.3) is 6.08 Å². The largest absolute Gasteiger partial charge is 0.361 e. The lowest BCUT2D eigenvalue weighted by Crippen LogP contribution is -2.38. The van der Waals surface area contributed by atoms with Crippen molar-refractivity contribution in [3.8, 4) is 0 Å². The molecule has 0 saturated carbocycles. The van der Waals surface area contributed by atoms with Gasteiger partial charge in [0.15, 0.2) is 5.11 Å². The fourth-order valence-electron chi connectivity index (χ4n) is 2.58. The molecule has 1 saturated heterocycles. The number of pyridine rings is 1. The van der Waals surface area contributed by atoms with Crippen molar-refractivity contribution in [3.05, 3.63) is 64.3 Å². The second-order valence-corrected chi connectivity index (χ2v) is 7.70. The first-order valence-electron chi connectivity index (χ1n) is 8.71. The van der Waals surface area contributed by atoms with E-state index in [1.807, 2.05) is 31.2 Å². The molecule has 2 heterocycles. The van der Waals surface area contributed by atoms with E-state index in [0.717, 1.165) is 23.0 Å². The molecule has 28 heavy (non-hydrogen) atoms. The number of amides is 2. The van der Waals surface area contributed by atoms with E-state index in [4.69, 9.17) is 12.2 Å². The Bertz CT molecular complexity index is 944. The fourth-order valence-corrected chi connectivity index (χ4v) is 3.67. The number of hydrogen-bond donors (Lipinski definition) is 2. The van der Waals surface area contributed by atoms with E-state index in [-0.39, 0.29) is 17.7 Å². The fraction of sp³-hybridized carbons (Fsp3) is 0.200. The summed E-state index contributed by atoms with van der Waals surface area (Å²) >= 11 is 6.22. The zero-order valence-electron chi connectivity index (χ0n) is 15.6. The summed E-state index contributed by atoms with van der Waals surface area (Å²) in [6, 6.07) is 9.61. The molecule has 1 aromatic heterocycles. The molecule has 2 amide bonds. The first-order chi connectivity index (χ1) is 13.4. The standard InChI is InChI=1S/C20H20N4O2S2/c1-13-5-6-16(10-14(13)2)23-19(27)22-8-9-24-18(25)17(28-20(24)26)11-15-4-3-7-21-12-15/h3-7,10-12H,8-9H2,1-2H3,(H2,22,23,27)/b17-11-. The third-order valence-electron chi connectivity index (χ3n) is 4.24. The molecule has 2 aromatic rings. The van der Waals surface area contributed by atoms with Gasteiger partial charge in [0.2, 0.25) is 0 Å². The minimum atomic E-state index is -0.298. The van der Waals surface area contributed by atoms with Gasteiger partial charge >= 0.3 is 0 Å². The topological polar surface area (TPSA) is 74.3 Å². The Morgan fingerprint density at radius 1 is 1.25 bits per heavy atom. The van der Waals surface area contributed by atoms with Crippen LogP contribution in [0.5, 0.6) is 0 Å². The smallest absolute Gasteiger partial charge is 0.293 e. The van der Waals surface area contributed by atoms with E-state index in [1.54, 1.807) is 24.5 Å². The van der Waals surface area contributed by atoms with Crippen LogP contribution in [0.1, 0.15) is 16.7 Å². The SMILES string of the molecule is Cc1ccc(NC(=S)NCCN2C(=O)S/C(=C\c3cccnc3)C2=O)cc1C. The van der Waals surface area contributed by atoms with Gasteiger partial charge in [-0.3, -0.25) is 19.5 Å². The Hall–Kier alpha value is -2.71. The van der Waals surface area contributed by atoms with E-state index < -0.39 is 0 Å². The van der Waals surface area contributed by atoms with Gasteiger partial charge in [0.25, 0.3) is 11.1 Å². The van der Waals surface area contributed by atoms with Crippen molar-refractivity contribution < 1.29 is 9.59 Å². The summed E-state index contributed by atoms with van der Waals surface area (Å²) in [5.74, 6) is -0.298. The average molecular weight is 413 g/mol. The molecule has 0 bridgehead atoms. The molecule has 8 heteroatoms. The van der Waals surface area contributed by atoms with Gasteiger partial charge in [-0.25, -0.2) is 0 Å². The Labute approximate surface area is 173 Å². The zero-order chi connectivity index (χ0) is 20.1. The van der Waals surface area contributed by atoms with Crippen molar-refractivity contribution in [1.82, 2.24) is 15.2 Å². The summed E-state index contributed by atoms with van der Waals surface area (Å²) in [4.78, 5) is 30.3. The predicted molar refractivity (Wildman–Crippen MR) is 117 cm³/mol. The maximum atomic E-state index is 12.5. The summed E-state index contributed by atoms with van der Waals surface area (Å²) in [6.45, 7) is 4.70. The molecule has 1 aliphatic heterocycles. The summed E-state index contributed by atoms with van der Waals surface area (Å²) in [6.07, 6.45) is 4.98. The molecule has 6 nitrogen and oxygen atoms in total. The van der Waals surface area contributed by atoms with Crippen LogP contribution in [-0.2, 0) is 4.79 Å². The predicted octanol–water partition coefficient (Wildman–Crippen LogP) is 3.72. The maximum Gasteiger partial charge on any atom is 0.293 e. The van der Waals surface area contributed by atoms with E-state index in [1.165, 1.54) is 16.0 Å². The van der Waals surface area contributed by atoms with Crippen LogP contribution in [0, 0.1) is 13.8 Å². The summed E-state index contributed by atoms with van der Waals surface area (Å²) in [5, 5.41) is 6.30. The lowest BCUT2D eigenvalue weighted by Gasteiger charge is -2.15. The van der Waals surface area contributed by atoms with Crippen molar-refractivity contribution in [2.45, 2.75) is 13.8 Å². The molecule has 0 atom stereocenters. The second kappa shape index (κ2) is 8.99. The normalized spacial score (nSPS) is 15.2. The quantitative estimate of drug-likeness (QED) is 0.573. The molecule has 2 N–H and O–H groups in total. The summed E-state index contributed by atoms with van der Waals surface area (Å²) < 4.78 is 0. The third kappa shape index (κ3) is 4.96. The number of benzene rings is 1. The number of anilines is 1. The second-order valence-electron chi connectivity index (χ2n) is 6.30. The molecule has 0 radical (unpaired) electrons. The highest BCUT2D eigenvalue weighted by Crippen LogP contribution is 2.31. The van der Waals surface area contributed by atoms with E-state index in [2.05, 4.69) is 22.5 Å². The first-order valence-corrected chi connectivity index (χ1v) is 9.94. The van der Waals surface area contributed by atoms with E-state index in [9.17, 15) is 9.59 Å². The maximum absolute atomic E-state index is 12.5. The van der Waals surface area contributed by atoms with Crippen molar-refractivity contribution in [2.24, 2.45) is 0 Å². The van der Waals surface area contributed by atoms with Gasteiger partial charge in [-0.15, -0.1) is 0 Å². The summed E-state index contributed by atoms with van der Waals surface area (Å²) in [7, 11) is 0. The van der Waals surface area contributed by atoms with Crippen molar-refractivity contribution in [2.75, 3.05) is 18.4 Å². The number of carbonyl (C=O) groups excluding carboxylic acids is 2. The van der Waals surface area contributed by atoms with Crippen LogP contribution in [0.3, 0.4) is 0 Å². The lowest BCUT2D eigenvalue weighted by atomic mass is 10.1. The molecule has 1 fully saturated rings. The average Bonchev–Trinajstić information content (AvgIpc) is 2.93. The molecule has 1 aromatic carbocycles. The molecule has 0 unspecified atom stereocenters. The Kier molecular flexibility index (Phi) is 6.43. The van der Waals surface area contributed by atoms with Crippen LogP contribution in [0.15, 0.2) is 47.6 Å².